The number of nitrogens with zero attached hydrogens (tertiary/aromatic N) is 2. The number of carboxylic acids is 1. The van der Waals surface area contributed by atoms with Crippen LogP contribution >= 0.6 is 11.3 Å². The Labute approximate surface area is 103 Å². The fraction of sp³-hybridized carbons (Fsp3) is 0.500. The van der Waals surface area contributed by atoms with Crippen molar-refractivity contribution in [3.05, 3.63) is 16.6 Å². The third kappa shape index (κ3) is 4.81. The number of thiazole rings is 1. The van der Waals surface area contributed by atoms with Crippen molar-refractivity contribution in [1.29, 1.82) is 0 Å². The van der Waals surface area contributed by atoms with Crippen molar-refractivity contribution in [2.75, 3.05) is 13.1 Å². The molecule has 0 unspecified atom stereocenters. The Hall–Kier alpha value is -1.63. The minimum absolute atomic E-state index is 0.275. The van der Waals surface area contributed by atoms with Gasteiger partial charge in [-0.3, -0.25) is 9.78 Å². The summed E-state index contributed by atoms with van der Waals surface area (Å²) in [5.74, 6) is -1.01. The molecule has 2 amide bonds. The van der Waals surface area contributed by atoms with Crippen LogP contribution in [-0.4, -0.2) is 40.1 Å². The predicted octanol–water partition coefficient (Wildman–Crippen LogP) is 1.15. The van der Waals surface area contributed by atoms with Gasteiger partial charge in [0.1, 0.15) is 6.54 Å². The third-order valence-electron chi connectivity index (χ3n) is 2.00. The average molecular weight is 257 g/mol. The Kier molecular flexibility index (Phi) is 5.41. The zero-order valence-electron chi connectivity index (χ0n) is 9.55. The highest BCUT2D eigenvalue weighted by Crippen LogP contribution is 2.04. The second-order valence-corrected chi connectivity index (χ2v) is 4.41. The number of amides is 2. The van der Waals surface area contributed by atoms with Gasteiger partial charge in [0.15, 0.2) is 0 Å². The van der Waals surface area contributed by atoms with E-state index in [0.29, 0.717) is 13.1 Å². The summed E-state index contributed by atoms with van der Waals surface area (Å²) in [7, 11) is 0. The number of hydrogen-bond acceptors (Lipinski definition) is 4. The van der Waals surface area contributed by atoms with Crippen LogP contribution in [0.1, 0.15) is 18.2 Å². The molecule has 0 saturated heterocycles. The molecule has 0 aromatic carbocycles. The molecule has 1 heterocycles. The van der Waals surface area contributed by atoms with Gasteiger partial charge in [-0.15, -0.1) is 11.3 Å². The first-order chi connectivity index (χ1) is 8.13. The van der Waals surface area contributed by atoms with Crippen molar-refractivity contribution in [1.82, 2.24) is 15.2 Å². The topological polar surface area (TPSA) is 82.5 Å². The first-order valence-corrected chi connectivity index (χ1v) is 6.13. The van der Waals surface area contributed by atoms with Crippen LogP contribution in [0.15, 0.2) is 11.7 Å². The molecule has 0 fully saturated rings. The summed E-state index contributed by atoms with van der Waals surface area (Å²) >= 11 is 1.44. The Bertz CT molecular complexity index is 367. The lowest BCUT2D eigenvalue weighted by Gasteiger charge is -2.20. The van der Waals surface area contributed by atoms with E-state index in [1.54, 1.807) is 11.7 Å². The molecule has 0 aliphatic rings. The Morgan fingerprint density at radius 2 is 2.35 bits per heavy atom. The largest absolute Gasteiger partial charge is 0.480 e. The molecular formula is C10H15N3O3S. The lowest BCUT2D eigenvalue weighted by Crippen LogP contribution is -2.42. The lowest BCUT2D eigenvalue weighted by atomic mass is 10.4. The zero-order chi connectivity index (χ0) is 12.7. The number of rotatable bonds is 6. The molecule has 0 bridgehead atoms. The molecule has 0 saturated carbocycles. The maximum absolute atomic E-state index is 11.7. The van der Waals surface area contributed by atoms with Gasteiger partial charge in [0.25, 0.3) is 0 Å². The first kappa shape index (κ1) is 13.4. The number of aromatic nitrogens is 1. The van der Waals surface area contributed by atoms with Crippen molar-refractivity contribution in [2.45, 2.75) is 19.9 Å². The molecule has 17 heavy (non-hydrogen) atoms. The van der Waals surface area contributed by atoms with Gasteiger partial charge in [0.2, 0.25) is 0 Å². The van der Waals surface area contributed by atoms with Gasteiger partial charge >= 0.3 is 12.0 Å². The van der Waals surface area contributed by atoms with E-state index >= 15 is 0 Å². The molecule has 0 radical (unpaired) electrons. The van der Waals surface area contributed by atoms with Gasteiger partial charge in [0, 0.05) is 17.6 Å². The standard InChI is InChI=1S/C10H15N3O3S/c1-2-3-13(6-9(14)15)10(16)12-5-8-4-11-7-17-8/h4,7H,2-3,5-6H2,1H3,(H,12,16)(H,14,15). The number of carbonyl (C=O) groups excluding carboxylic acids is 1. The van der Waals surface area contributed by atoms with E-state index in [9.17, 15) is 9.59 Å². The van der Waals surface area contributed by atoms with E-state index in [4.69, 9.17) is 5.11 Å². The van der Waals surface area contributed by atoms with E-state index in [1.807, 2.05) is 6.92 Å². The summed E-state index contributed by atoms with van der Waals surface area (Å²) in [6.07, 6.45) is 2.40. The second-order valence-electron chi connectivity index (χ2n) is 3.44. The van der Waals surface area contributed by atoms with Gasteiger partial charge in [-0.2, -0.15) is 0 Å². The minimum Gasteiger partial charge on any atom is -0.480 e. The van der Waals surface area contributed by atoms with Gasteiger partial charge in [-0.25, -0.2) is 4.79 Å². The van der Waals surface area contributed by atoms with Crippen LogP contribution in [0.5, 0.6) is 0 Å². The summed E-state index contributed by atoms with van der Waals surface area (Å²) in [4.78, 5) is 28.4. The molecule has 6 nitrogen and oxygen atoms in total. The first-order valence-electron chi connectivity index (χ1n) is 5.25. The van der Waals surface area contributed by atoms with Gasteiger partial charge in [-0.1, -0.05) is 6.92 Å². The maximum Gasteiger partial charge on any atom is 0.323 e. The maximum atomic E-state index is 11.7. The van der Waals surface area contributed by atoms with Gasteiger partial charge in [0.05, 0.1) is 12.1 Å². The van der Waals surface area contributed by atoms with Crippen molar-refractivity contribution >= 4 is 23.3 Å². The van der Waals surface area contributed by atoms with Crippen LogP contribution < -0.4 is 5.32 Å². The number of nitrogens with one attached hydrogen (secondary N) is 1. The molecule has 1 aromatic heterocycles. The van der Waals surface area contributed by atoms with Gasteiger partial charge < -0.3 is 15.3 Å². The lowest BCUT2D eigenvalue weighted by molar-refractivity contribution is -0.137. The molecule has 0 spiro atoms. The predicted molar refractivity (Wildman–Crippen MR) is 63.8 cm³/mol. The van der Waals surface area contributed by atoms with E-state index < -0.39 is 5.97 Å². The number of aliphatic carboxylic acids is 1. The van der Waals surface area contributed by atoms with Crippen LogP contribution in [0.25, 0.3) is 0 Å². The summed E-state index contributed by atoms with van der Waals surface area (Å²) < 4.78 is 0. The van der Waals surface area contributed by atoms with Crippen LogP contribution in [-0.2, 0) is 11.3 Å². The number of carboxylic acid groups (broad SMARTS) is 1. The molecule has 0 aliphatic heterocycles. The zero-order valence-corrected chi connectivity index (χ0v) is 10.4. The SMILES string of the molecule is CCCN(CC(=O)O)C(=O)NCc1cncs1. The van der Waals surface area contributed by atoms with Crippen molar-refractivity contribution < 1.29 is 14.7 Å². The fourth-order valence-corrected chi connectivity index (χ4v) is 1.82. The Morgan fingerprint density at radius 3 is 2.88 bits per heavy atom. The number of hydrogen-bond donors (Lipinski definition) is 2. The molecule has 94 valence electrons. The molecular weight excluding hydrogens is 242 g/mol. The highest BCUT2D eigenvalue weighted by Gasteiger charge is 2.15. The minimum atomic E-state index is -1.01. The number of carbonyl (C=O) groups is 2. The highest BCUT2D eigenvalue weighted by atomic mass is 32.1. The molecule has 2 N–H and O–H groups in total. The monoisotopic (exact) mass is 257 g/mol. The van der Waals surface area contributed by atoms with E-state index in [0.717, 1.165) is 11.3 Å². The van der Waals surface area contributed by atoms with Crippen LogP contribution in [0.2, 0.25) is 0 Å². The fourth-order valence-electron chi connectivity index (χ4n) is 1.29. The van der Waals surface area contributed by atoms with Crippen molar-refractivity contribution in [2.24, 2.45) is 0 Å². The second kappa shape index (κ2) is 6.85. The van der Waals surface area contributed by atoms with Crippen LogP contribution in [0, 0.1) is 0 Å². The van der Waals surface area contributed by atoms with E-state index in [2.05, 4.69) is 10.3 Å². The summed E-state index contributed by atoms with van der Waals surface area (Å²) in [6.45, 7) is 2.43. The van der Waals surface area contributed by atoms with Crippen molar-refractivity contribution in [3.63, 3.8) is 0 Å². The van der Waals surface area contributed by atoms with E-state index in [-0.39, 0.29) is 12.6 Å². The Morgan fingerprint density at radius 1 is 1.59 bits per heavy atom. The average Bonchev–Trinajstić information content (AvgIpc) is 2.77. The molecule has 1 aromatic rings. The van der Waals surface area contributed by atoms with Crippen LogP contribution in [0.4, 0.5) is 4.79 Å². The molecule has 7 heteroatoms. The number of urea groups is 1. The summed E-state index contributed by atoms with van der Waals surface area (Å²) in [5.41, 5.74) is 1.68. The summed E-state index contributed by atoms with van der Waals surface area (Å²) in [6, 6.07) is -0.359. The quantitative estimate of drug-likeness (QED) is 0.800. The Balaban J connectivity index is 2.44. The smallest absolute Gasteiger partial charge is 0.323 e. The highest BCUT2D eigenvalue weighted by molar-refractivity contribution is 7.09. The van der Waals surface area contributed by atoms with E-state index in [1.165, 1.54) is 16.2 Å². The molecule has 0 aliphatic carbocycles. The molecule has 1 rings (SSSR count). The third-order valence-corrected chi connectivity index (χ3v) is 2.78. The van der Waals surface area contributed by atoms with Crippen LogP contribution in [0.3, 0.4) is 0 Å². The normalized spacial score (nSPS) is 9.94. The van der Waals surface area contributed by atoms with Gasteiger partial charge in [-0.05, 0) is 6.42 Å². The summed E-state index contributed by atoms with van der Waals surface area (Å²) in [5, 5.41) is 11.4. The van der Waals surface area contributed by atoms with Crippen molar-refractivity contribution in [3.8, 4) is 0 Å². The molecule has 0 atom stereocenters.